The first-order valence-corrected chi connectivity index (χ1v) is 9.14. The third-order valence-corrected chi connectivity index (χ3v) is 4.68. The Balaban J connectivity index is 1.55. The van der Waals surface area contributed by atoms with E-state index < -0.39 is 0 Å². The first kappa shape index (κ1) is 17.7. The fourth-order valence-corrected chi connectivity index (χ4v) is 3.70. The number of para-hydroxylation sites is 1. The van der Waals surface area contributed by atoms with E-state index in [9.17, 15) is 4.79 Å². The van der Waals surface area contributed by atoms with Crippen LogP contribution in [0.15, 0.2) is 54.7 Å². The Morgan fingerprint density at radius 3 is 2.52 bits per heavy atom. The molecule has 0 bridgehead atoms. The van der Waals surface area contributed by atoms with Gasteiger partial charge in [0.05, 0.1) is 6.54 Å². The summed E-state index contributed by atoms with van der Waals surface area (Å²) in [4.78, 5) is 17.3. The van der Waals surface area contributed by atoms with Gasteiger partial charge < -0.3 is 10.6 Å². The minimum absolute atomic E-state index is 0.143. The molecule has 0 aliphatic rings. The molecule has 4 nitrogen and oxygen atoms in total. The summed E-state index contributed by atoms with van der Waals surface area (Å²) in [7, 11) is 0. The number of rotatable bonds is 6. The van der Waals surface area contributed by atoms with Gasteiger partial charge in [-0.15, -0.1) is 11.3 Å². The number of hydrogen-bond acceptors (Lipinski definition) is 4. The van der Waals surface area contributed by atoms with Crippen LogP contribution in [0.5, 0.6) is 0 Å². The molecule has 2 N–H and O–H groups in total. The molecule has 1 amide bonds. The molecular weight excluding hydrogens is 377 g/mol. The van der Waals surface area contributed by atoms with Crippen molar-refractivity contribution >= 4 is 51.3 Å². The number of amides is 1. The van der Waals surface area contributed by atoms with E-state index in [1.165, 1.54) is 11.3 Å². The second-order valence-electron chi connectivity index (χ2n) is 5.35. The summed E-state index contributed by atoms with van der Waals surface area (Å²) in [6.07, 6.45) is 2.41. The summed E-state index contributed by atoms with van der Waals surface area (Å²) in [5.74, 6) is -0.143. The van der Waals surface area contributed by atoms with Gasteiger partial charge in [-0.2, -0.15) is 0 Å². The zero-order valence-electron chi connectivity index (χ0n) is 13.1. The summed E-state index contributed by atoms with van der Waals surface area (Å²) in [5, 5.41) is 7.63. The molecule has 0 saturated heterocycles. The molecule has 0 aliphatic heterocycles. The highest BCUT2D eigenvalue weighted by atomic mass is 35.5. The number of aromatic nitrogens is 1. The fourth-order valence-electron chi connectivity index (χ4n) is 2.26. The zero-order chi connectivity index (χ0) is 17.6. The number of hydrogen-bond donors (Lipinski definition) is 2. The van der Waals surface area contributed by atoms with Crippen LogP contribution in [0.25, 0.3) is 0 Å². The van der Waals surface area contributed by atoms with Crippen molar-refractivity contribution in [2.45, 2.75) is 6.42 Å². The van der Waals surface area contributed by atoms with Gasteiger partial charge >= 0.3 is 0 Å². The third-order valence-electron chi connectivity index (χ3n) is 3.33. The second-order valence-corrected chi connectivity index (χ2v) is 7.34. The van der Waals surface area contributed by atoms with Gasteiger partial charge in [0.25, 0.3) is 0 Å². The number of anilines is 2. The largest absolute Gasteiger partial charge is 0.376 e. The second kappa shape index (κ2) is 8.34. The Bertz CT molecular complexity index is 848. The number of nitrogens with one attached hydrogen (secondary N) is 2. The van der Waals surface area contributed by atoms with Crippen molar-refractivity contribution in [2.75, 3.05) is 17.2 Å². The van der Waals surface area contributed by atoms with Gasteiger partial charge in [0.1, 0.15) is 0 Å². The van der Waals surface area contributed by atoms with Gasteiger partial charge in [-0.3, -0.25) is 4.79 Å². The number of halogens is 2. The van der Waals surface area contributed by atoms with E-state index in [1.807, 2.05) is 42.5 Å². The van der Waals surface area contributed by atoms with E-state index in [1.54, 1.807) is 12.3 Å². The maximum absolute atomic E-state index is 12.0. The molecule has 0 fully saturated rings. The van der Waals surface area contributed by atoms with E-state index in [0.29, 0.717) is 21.6 Å². The van der Waals surface area contributed by atoms with Crippen molar-refractivity contribution in [2.24, 2.45) is 0 Å². The van der Waals surface area contributed by atoms with E-state index in [-0.39, 0.29) is 12.5 Å². The molecule has 0 saturated carbocycles. The van der Waals surface area contributed by atoms with Crippen LogP contribution in [0.3, 0.4) is 0 Å². The van der Waals surface area contributed by atoms with E-state index in [0.717, 1.165) is 16.1 Å². The number of thiazole rings is 1. The van der Waals surface area contributed by atoms with Crippen molar-refractivity contribution in [3.8, 4) is 0 Å². The zero-order valence-corrected chi connectivity index (χ0v) is 15.5. The maximum Gasteiger partial charge on any atom is 0.245 e. The van der Waals surface area contributed by atoms with Crippen LogP contribution in [0.2, 0.25) is 10.0 Å². The Morgan fingerprint density at radius 1 is 1.08 bits per heavy atom. The van der Waals surface area contributed by atoms with Crippen LogP contribution in [0.1, 0.15) is 10.4 Å². The highest BCUT2D eigenvalue weighted by Crippen LogP contribution is 2.25. The quantitative estimate of drug-likeness (QED) is 0.614. The molecule has 3 rings (SSSR count). The third kappa shape index (κ3) is 5.46. The number of benzene rings is 2. The Kier molecular flexibility index (Phi) is 5.91. The first-order chi connectivity index (χ1) is 12.1. The van der Waals surface area contributed by atoms with Crippen LogP contribution in [-0.2, 0) is 11.2 Å². The highest BCUT2D eigenvalue weighted by Gasteiger charge is 2.08. The number of carbonyl (C=O) groups is 1. The predicted molar refractivity (Wildman–Crippen MR) is 105 cm³/mol. The Hall–Kier alpha value is -2.08. The average molecular weight is 392 g/mol. The topological polar surface area (TPSA) is 54.0 Å². The molecule has 0 radical (unpaired) electrons. The maximum atomic E-state index is 12.0. The standard InChI is InChI=1S/C18H15Cl2N3OS/c19-13-6-12(7-14(20)9-13)8-16-10-22-18(25-16)23-17(24)11-21-15-4-2-1-3-5-15/h1-7,9-10,21H,8,11H2,(H,22,23,24). The van der Waals surface area contributed by atoms with Gasteiger partial charge in [-0.05, 0) is 35.9 Å². The van der Waals surface area contributed by atoms with Crippen LogP contribution in [0.4, 0.5) is 10.8 Å². The van der Waals surface area contributed by atoms with E-state index in [4.69, 9.17) is 23.2 Å². The molecule has 0 spiro atoms. The Labute approximate surface area is 159 Å². The van der Waals surface area contributed by atoms with Gasteiger partial charge in [0.2, 0.25) is 5.91 Å². The van der Waals surface area contributed by atoms with E-state index >= 15 is 0 Å². The molecule has 25 heavy (non-hydrogen) atoms. The molecule has 1 aromatic heterocycles. The van der Waals surface area contributed by atoms with Gasteiger partial charge in [-0.25, -0.2) is 4.98 Å². The summed E-state index contributed by atoms with van der Waals surface area (Å²) < 4.78 is 0. The lowest BCUT2D eigenvalue weighted by Crippen LogP contribution is -2.21. The van der Waals surface area contributed by atoms with Crippen molar-refractivity contribution in [3.63, 3.8) is 0 Å². The van der Waals surface area contributed by atoms with Crippen LogP contribution in [-0.4, -0.2) is 17.4 Å². The molecule has 0 aliphatic carbocycles. The van der Waals surface area contributed by atoms with Crippen LogP contribution in [0, 0.1) is 0 Å². The minimum Gasteiger partial charge on any atom is -0.376 e. The first-order valence-electron chi connectivity index (χ1n) is 7.57. The number of carbonyl (C=O) groups excluding carboxylic acids is 1. The molecular formula is C18H15Cl2N3OS. The molecule has 0 atom stereocenters. The van der Waals surface area contributed by atoms with Crippen LogP contribution >= 0.6 is 34.5 Å². The van der Waals surface area contributed by atoms with Gasteiger partial charge in [0.15, 0.2) is 5.13 Å². The molecule has 7 heteroatoms. The van der Waals surface area contributed by atoms with Crippen molar-refractivity contribution in [1.82, 2.24) is 4.98 Å². The molecule has 0 unspecified atom stereocenters. The lowest BCUT2D eigenvalue weighted by molar-refractivity contribution is -0.114. The monoisotopic (exact) mass is 391 g/mol. The van der Waals surface area contributed by atoms with Crippen molar-refractivity contribution in [1.29, 1.82) is 0 Å². The minimum atomic E-state index is -0.143. The van der Waals surface area contributed by atoms with E-state index in [2.05, 4.69) is 15.6 Å². The van der Waals surface area contributed by atoms with Crippen LogP contribution < -0.4 is 10.6 Å². The van der Waals surface area contributed by atoms with Crippen molar-refractivity contribution < 1.29 is 4.79 Å². The smallest absolute Gasteiger partial charge is 0.245 e. The summed E-state index contributed by atoms with van der Waals surface area (Å²) >= 11 is 13.5. The average Bonchev–Trinajstić information content (AvgIpc) is 3.00. The lowest BCUT2D eigenvalue weighted by Gasteiger charge is -2.05. The fraction of sp³-hybridized carbons (Fsp3) is 0.111. The summed E-state index contributed by atoms with van der Waals surface area (Å²) in [6.45, 7) is 0.183. The molecule has 128 valence electrons. The lowest BCUT2D eigenvalue weighted by atomic mass is 10.1. The van der Waals surface area contributed by atoms with Crippen molar-refractivity contribution in [3.05, 3.63) is 75.2 Å². The molecule has 2 aromatic carbocycles. The summed E-state index contributed by atoms with van der Waals surface area (Å²) in [5.41, 5.74) is 1.90. The predicted octanol–water partition coefficient (Wildman–Crippen LogP) is 5.09. The molecule has 3 aromatic rings. The highest BCUT2D eigenvalue weighted by molar-refractivity contribution is 7.15. The normalized spacial score (nSPS) is 10.5. The Morgan fingerprint density at radius 2 is 1.80 bits per heavy atom. The molecule has 1 heterocycles. The SMILES string of the molecule is O=C(CNc1ccccc1)Nc1ncc(Cc2cc(Cl)cc(Cl)c2)s1. The van der Waals surface area contributed by atoms with Gasteiger partial charge in [0, 0.05) is 33.2 Å². The van der Waals surface area contributed by atoms with Gasteiger partial charge in [-0.1, -0.05) is 41.4 Å². The number of nitrogens with zero attached hydrogens (tertiary/aromatic N) is 1. The summed E-state index contributed by atoms with van der Waals surface area (Å²) in [6, 6.07) is 15.0.